The van der Waals surface area contributed by atoms with Gasteiger partial charge in [-0.2, -0.15) is 0 Å². The molecular formula is C10H11ClO3. The lowest BCUT2D eigenvalue weighted by Gasteiger charge is -2.08. The predicted molar refractivity (Wildman–Crippen MR) is 54.1 cm³/mol. The van der Waals surface area contributed by atoms with Crippen LogP contribution in [-0.2, 0) is 11.3 Å². The SMILES string of the molecule is COCc1cc(Cl)c(OC)c(C=O)c1. The van der Waals surface area contributed by atoms with Crippen LogP contribution in [0.2, 0.25) is 5.02 Å². The van der Waals surface area contributed by atoms with Gasteiger partial charge in [0.15, 0.2) is 6.29 Å². The molecule has 0 aliphatic rings. The van der Waals surface area contributed by atoms with E-state index in [-0.39, 0.29) is 0 Å². The number of aldehydes is 1. The third kappa shape index (κ3) is 2.25. The van der Waals surface area contributed by atoms with E-state index in [1.807, 2.05) is 0 Å². The zero-order chi connectivity index (χ0) is 10.6. The largest absolute Gasteiger partial charge is 0.494 e. The predicted octanol–water partition coefficient (Wildman–Crippen LogP) is 2.31. The first kappa shape index (κ1) is 11.0. The van der Waals surface area contributed by atoms with Crippen molar-refractivity contribution in [3.63, 3.8) is 0 Å². The van der Waals surface area contributed by atoms with Gasteiger partial charge in [-0.1, -0.05) is 11.6 Å². The summed E-state index contributed by atoms with van der Waals surface area (Å²) in [5.41, 5.74) is 1.28. The molecule has 0 atom stereocenters. The van der Waals surface area contributed by atoms with E-state index in [1.54, 1.807) is 19.2 Å². The molecular weight excluding hydrogens is 204 g/mol. The van der Waals surface area contributed by atoms with E-state index in [4.69, 9.17) is 21.1 Å². The molecule has 4 heteroatoms. The van der Waals surface area contributed by atoms with Crippen LogP contribution in [0.1, 0.15) is 15.9 Å². The zero-order valence-electron chi connectivity index (χ0n) is 8.04. The molecule has 0 unspecified atom stereocenters. The van der Waals surface area contributed by atoms with Crippen LogP contribution in [0.15, 0.2) is 12.1 Å². The maximum atomic E-state index is 10.7. The van der Waals surface area contributed by atoms with Gasteiger partial charge in [0.05, 0.1) is 24.3 Å². The molecule has 1 rings (SSSR count). The number of rotatable bonds is 4. The lowest BCUT2D eigenvalue weighted by molar-refractivity contribution is 0.112. The third-order valence-electron chi connectivity index (χ3n) is 1.77. The molecule has 0 aromatic heterocycles. The Kier molecular flexibility index (Phi) is 3.92. The van der Waals surface area contributed by atoms with Crippen LogP contribution in [0.5, 0.6) is 5.75 Å². The Balaban J connectivity index is 3.17. The summed E-state index contributed by atoms with van der Waals surface area (Å²) in [5.74, 6) is 0.404. The first-order valence-electron chi connectivity index (χ1n) is 4.03. The highest BCUT2D eigenvalue weighted by atomic mass is 35.5. The van der Waals surface area contributed by atoms with Gasteiger partial charge in [0.2, 0.25) is 0 Å². The number of halogens is 1. The second-order valence-corrected chi connectivity index (χ2v) is 3.16. The Hall–Kier alpha value is -1.06. The Bertz CT molecular complexity index is 336. The molecule has 0 spiro atoms. The average molecular weight is 215 g/mol. The van der Waals surface area contributed by atoms with E-state index < -0.39 is 0 Å². The van der Waals surface area contributed by atoms with Crippen LogP contribution >= 0.6 is 11.6 Å². The summed E-state index contributed by atoms with van der Waals surface area (Å²) in [6, 6.07) is 3.41. The fourth-order valence-electron chi connectivity index (χ4n) is 1.23. The van der Waals surface area contributed by atoms with Gasteiger partial charge < -0.3 is 9.47 Å². The standard InChI is InChI=1S/C10H11ClO3/c1-13-6-7-3-8(5-12)10(14-2)9(11)4-7/h3-5H,6H2,1-2H3. The van der Waals surface area contributed by atoms with Crippen LogP contribution in [0, 0.1) is 0 Å². The van der Waals surface area contributed by atoms with Crippen molar-refractivity contribution in [2.75, 3.05) is 14.2 Å². The minimum atomic E-state index is 0.404. The van der Waals surface area contributed by atoms with Crippen LogP contribution in [-0.4, -0.2) is 20.5 Å². The quantitative estimate of drug-likeness (QED) is 0.722. The summed E-state index contributed by atoms with van der Waals surface area (Å²) in [5, 5.41) is 0.421. The molecule has 0 radical (unpaired) electrons. The van der Waals surface area contributed by atoms with Crippen LogP contribution in [0.4, 0.5) is 0 Å². The van der Waals surface area contributed by atoms with Crippen molar-refractivity contribution in [3.05, 3.63) is 28.3 Å². The van der Waals surface area contributed by atoms with E-state index >= 15 is 0 Å². The van der Waals surface area contributed by atoms with Gasteiger partial charge in [-0.3, -0.25) is 4.79 Å². The highest BCUT2D eigenvalue weighted by molar-refractivity contribution is 6.32. The Morgan fingerprint density at radius 3 is 2.64 bits per heavy atom. The average Bonchev–Trinajstić information content (AvgIpc) is 2.17. The number of carbonyl (C=O) groups is 1. The maximum absolute atomic E-state index is 10.7. The van der Waals surface area contributed by atoms with E-state index in [2.05, 4.69) is 0 Å². The Morgan fingerprint density at radius 2 is 2.14 bits per heavy atom. The highest BCUT2D eigenvalue weighted by Crippen LogP contribution is 2.29. The van der Waals surface area contributed by atoms with Crippen molar-refractivity contribution in [1.82, 2.24) is 0 Å². The normalized spacial score (nSPS) is 9.93. The van der Waals surface area contributed by atoms with Gasteiger partial charge in [-0.05, 0) is 17.7 Å². The van der Waals surface area contributed by atoms with Gasteiger partial charge in [0.1, 0.15) is 5.75 Å². The number of carbonyl (C=O) groups excluding carboxylic acids is 1. The monoisotopic (exact) mass is 214 g/mol. The van der Waals surface area contributed by atoms with Gasteiger partial charge in [0.25, 0.3) is 0 Å². The zero-order valence-corrected chi connectivity index (χ0v) is 8.80. The summed E-state index contributed by atoms with van der Waals surface area (Å²) in [6.07, 6.45) is 0.712. The first-order valence-corrected chi connectivity index (χ1v) is 4.41. The smallest absolute Gasteiger partial charge is 0.153 e. The van der Waals surface area contributed by atoms with Crippen LogP contribution in [0.3, 0.4) is 0 Å². The summed E-state index contributed by atoms with van der Waals surface area (Å²) in [7, 11) is 3.06. The molecule has 0 N–H and O–H groups in total. The van der Waals surface area contributed by atoms with E-state index in [9.17, 15) is 4.79 Å². The number of hydrogen-bond donors (Lipinski definition) is 0. The first-order chi connectivity index (χ1) is 6.72. The van der Waals surface area contributed by atoms with Gasteiger partial charge >= 0.3 is 0 Å². The molecule has 0 aliphatic heterocycles. The van der Waals surface area contributed by atoms with Crippen molar-refractivity contribution < 1.29 is 14.3 Å². The summed E-state index contributed by atoms with van der Waals surface area (Å²) in [4.78, 5) is 10.7. The van der Waals surface area contributed by atoms with Crippen LogP contribution in [0.25, 0.3) is 0 Å². The lowest BCUT2D eigenvalue weighted by atomic mass is 10.1. The molecule has 3 nitrogen and oxygen atoms in total. The molecule has 0 amide bonds. The fraction of sp³-hybridized carbons (Fsp3) is 0.300. The number of methoxy groups -OCH3 is 2. The number of hydrogen-bond acceptors (Lipinski definition) is 3. The molecule has 1 aromatic rings. The number of ether oxygens (including phenoxy) is 2. The molecule has 0 fully saturated rings. The van der Waals surface area contributed by atoms with Gasteiger partial charge in [-0.15, -0.1) is 0 Å². The molecule has 0 aliphatic carbocycles. The van der Waals surface area contributed by atoms with E-state index in [0.717, 1.165) is 5.56 Å². The van der Waals surface area contributed by atoms with E-state index in [0.29, 0.717) is 29.2 Å². The van der Waals surface area contributed by atoms with Gasteiger partial charge in [-0.25, -0.2) is 0 Å². The molecule has 0 saturated heterocycles. The van der Waals surface area contributed by atoms with Crippen molar-refractivity contribution in [3.8, 4) is 5.75 Å². The molecule has 76 valence electrons. The number of benzene rings is 1. The van der Waals surface area contributed by atoms with Gasteiger partial charge in [0, 0.05) is 7.11 Å². The third-order valence-corrected chi connectivity index (χ3v) is 2.05. The van der Waals surface area contributed by atoms with Crippen molar-refractivity contribution in [1.29, 1.82) is 0 Å². The minimum absolute atomic E-state index is 0.404. The second kappa shape index (κ2) is 4.98. The molecule has 0 heterocycles. The summed E-state index contributed by atoms with van der Waals surface area (Å²) in [6.45, 7) is 0.421. The maximum Gasteiger partial charge on any atom is 0.153 e. The summed E-state index contributed by atoms with van der Waals surface area (Å²) < 4.78 is 9.94. The Morgan fingerprint density at radius 1 is 1.43 bits per heavy atom. The highest BCUT2D eigenvalue weighted by Gasteiger charge is 2.09. The lowest BCUT2D eigenvalue weighted by Crippen LogP contribution is -1.95. The van der Waals surface area contributed by atoms with Crippen molar-refractivity contribution in [2.45, 2.75) is 6.61 Å². The summed E-state index contributed by atoms with van der Waals surface area (Å²) >= 11 is 5.91. The molecule has 14 heavy (non-hydrogen) atoms. The molecule has 0 saturated carbocycles. The second-order valence-electron chi connectivity index (χ2n) is 2.75. The van der Waals surface area contributed by atoms with Crippen molar-refractivity contribution >= 4 is 17.9 Å². The van der Waals surface area contributed by atoms with Crippen molar-refractivity contribution in [2.24, 2.45) is 0 Å². The fourth-order valence-corrected chi connectivity index (χ4v) is 1.55. The minimum Gasteiger partial charge on any atom is -0.494 e. The van der Waals surface area contributed by atoms with E-state index in [1.165, 1.54) is 7.11 Å². The molecule has 0 bridgehead atoms. The topological polar surface area (TPSA) is 35.5 Å². The van der Waals surface area contributed by atoms with Crippen LogP contribution < -0.4 is 4.74 Å². The Labute approximate surface area is 87.6 Å². The molecule has 1 aromatic carbocycles.